The van der Waals surface area contributed by atoms with Crippen LogP contribution in [0.2, 0.25) is 0 Å². The lowest BCUT2D eigenvalue weighted by atomic mass is 9.76. The summed E-state index contributed by atoms with van der Waals surface area (Å²) in [6.45, 7) is 23.1. The molecule has 0 aliphatic rings. The van der Waals surface area contributed by atoms with Crippen LogP contribution in [0.4, 0.5) is 0 Å². The Bertz CT molecular complexity index is 1230. The second-order valence-corrected chi connectivity index (χ2v) is 10.0. The molecule has 45 heavy (non-hydrogen) atoms. The lowest BCUT2D eigenvalue weighted by Crippen LogP contribution is -2.77. The van der Waals surface area contributed by atoms with E-state index in [0.29, 0.717) is 0 Å². The maximum atomic E-state index is 13.3. The first-order valence-electron chi connectivity index (χ1n) is 12.7. The van der Waals surface area contributed by atoms with E-state index < -0.39 is 100 Å². The van der Waals surface area contributed by atoms with Gasteiger partial charge in [-0.25, -0.2) is 28.8 Å². The van der Waals surface area contributed by atoms with Crippen molar-refractivity contribution in [2.24, 2.45) is 5.41 Å². The number of aliphatic hydroxyl groups excluding tert-OH is 3. The Morgan fingerprint density at radius 2 is 0.756 bits per heavy atom. The predicted molar refractivity (Wildman–Crippen MR) is 154 cm³/mol. The topological polar surface area (TPSA) is 218 Å². The van der Waals surface area contributed by atoms with Gasteiger partial charge < -0.3 is 43.7 Å². The van der Waals surface area contributed by atoms with Crippen molar-refractivity contribution in [1.29, 1.82) is 0 Å². The van der Waals surface area contributed by atoms with Crippen LogP contribution in [-0.4, -0.2) is 82.4 Å². The molecule has 0 aromatic heterocycles. The summed E-state index contributed by atoms with van der Waals surface area (Å²) in [5.74, 6) is -17.6. The normalized spacial score (nSPS) is 11.9. The lowest BCUT2D eigenvalue weighted by Gasteiger charge is -2.52. The van der Waals surface area contributed by atoms with Crippen LogP contribution in [0.15, 0.2) is 72.9 Å². The maximum Gasteiger partial charge on any atom is 0.508 e. The number of hydrogen-bond donors (Lipinski definition) is 3. The molecule has 1 unspecified atom stereocenters. The Balaban J connectivity index is 8.94. The smallest absolute Gasteiger partial charge is 0.431 e. The molecule has 248 valence electrons. The van der Waals surface area contributed by atoms with E-state index in [1.807, 2.05) is 0 Å². The summed E-state index contributed by atoms with van der Waals surface area (Å²) in [5.41, 5.74) is -6.31. The van der Waals surface area contributed by atoms with Gasteiger partial charge in [0.25, 0.3) is 0 Å². The minimum Gasteiger partial charge on any atom is -0.431 e. The van der Waals surface area contributed by atoms with Crippen LogP contribution in [-0.2, 0) is 57.2 Å². The molecule has 1 atom stereocenters. The minimum absolute atomic E-state index is 0.357. The van der Waals surface area contributed by atoms with Crippen molar-refractivity contribution >= 4 is 35.8 Å². The highest BCUT2D eigenvalue weighted by Gasteiger charge is 2.81. The van der Waals surface area contributed by atoms with Gasteiger partial charge in [-0.05, 0) is 41.5 Å². The van der Waals surface area contributed by atoms with Crippen LogP contribution in [0.25, 0.3) is 0 Å². The molecule has 0 aliphatic carbocycles. The Kier molecular flexibility index (Phi) is 14.0. The Labute approximate surface area is 259 Å². The molecule has 0 amide bonds. The summed E-state index contributed by atoms with van der Waals surface area (Å²) in [7, 11) is 0. The molecule has 15 heteroatoms. The predicted octanol–water partition coefficient (Wildman–Crippen LogP) is 1.34. The van der Waals surface area contributed by atoms with E-state index in [9.17, 15) is 44.1 Å². The van der Waals surface area contributed by atoms with Crippen LogP contribution in [0.1, 0.15) is 41.5 Å². The van der Waals surface area contributed by atoms with Crippen molar-refractivity contribution in [3.8, 4) is 0 Å². The molecule has 0 saturated heterocycles. The van der Waals surface area contributed by atoms with Gasteiger partial charge in [0.05, 0.1) is 13.2 Å². The molecule has 0 aliphatic heterocycles. The summed E-state index contributed by atoms with van der Waals surface area (Å²) in [6, 6.07) is 0. The standard InChI is InChI=1S/C30H38O15/c1-15(2)21(33)40-27(39)28(13-31,14-32)29(41-22(34)16(3)4,42-23(35)17(5)6)30(43-24(36)18(7)8,44-25(37)19(9)10)45-26(38)20(11)12/h27,31-32,39H,1,3,5,7,9,11,13-14H2,2,4,6,8,10,12H3. The van der Waals surface area contributed by atoms with Crippen LogP contribution in [0.3, 0.4) is 0 Å². The summed E-state index contributed by atoms with van der Waals surface area (Å²) in [4.78, 5) is 78.4. The maximum absolute atomic E-state index is 13.3. The molecule has 0 aromatic rings. The fourth-order valence-electron chi connectivity index (χ4n) is 2.87. The summed E-state index contributed by atoms with van der Waals surface area (Å²) >= 11 is 0. The molecule has 0 bridgehead atoms. The van der Waals surface area contributed by atoms with E-state index in [-0.39, 0.29) is 5.57 Å². The highest BCUT2D eigenvalue weighted by atomic mass is 16.9. The molecule has 0 aromatic carbocycles. The van der Waals surface area contributed by atoms with E-state index >= 15 is 0 Å². The average Bonchev–Trinajstić information content (AvgIpc) is 2.92. The fraction of sp³-hybridized carbons (Fsp3) is 0.400. The van der Waals surface area contributed by atoms with Crippen LogP contribution >= 0.6 is 0 Å². The van der Waals surface area contributed by atoms with E-state index in [2.05, 4.69) is 39.5 Å². The molecule has 15 nitrogen and oxygen atoms in total. The molecular formula is C30H38O15. The number of ether oxygens (including phenoxy) is 6. The van der Waals surface area contributed by atoms with Crippen LogP contribution in [0, 0.1) is 5.41 Å². The second kappa shape index (κ2) is 15.7. The summed E-state index contributed by atoms with van der Waals surface area (Å²) in [6.07, 6.45) is -2.96. The summed E-state index contributed by atoms with van der Waals surface area (Å²) in [5, 5.41) is 32.9. The van der Waals surface area contributed by atoms with Crippen molar-refractivity contribution in [1.82, 2.24) is 0 Å². The van der Waals surface area contributed by atoms with Crippen molar-refractivity contribution in [2.75, 3.05) is 13.2 Å². The zero-order valence-electron chi connectivity index (χ0n) is 26.0. The van der Waals surface area contributed by atoms with Crippen molar-refractivity contribution in [3.05, 3.63) is 72.9 Å². The third-order valence-electron chi connectivity index (χ3n) is 5.56. The van der Waals surface area contributed by atoms with Gasteiger partial charge in [-0.2, -0.15) is 0 Å². The van der Waals surface area contributed by atoms with Gasteiger partial charge in [-0.15, -0.1) is 0 Å². The largest absolute Gasteiger partial charge is 0.508 e. The first-order valence-corrected chi connectivity index (χ1v) is 12.7. The quantitative estimate of drug-likeness (QED) is 0.0886. The summed E-state index contributed by atoms with van der Waals surface area (Å²) < 4.78 is 31.5. The molecular weight excluding hydrogens is 600 g/mol. The number of rotatable bonds is 17. The van der Waals surface area contributed by atoms with Crippen molar-refractivity contribution in [2.45, 2.75) is 59.6 Å². The number of aliphatic hydroxyl groups is 3. The molecule has 0 spiro atoms. The average molecular weight is 639 g/mol. The van der Waals surface area contributed by atoms with Crippen molar-refractivity contribution in [3.63, 3.8) is 0 Å². The van der Waals surface area contributed by atoms with Crippen LogP contribution in [0.5, 0.6) is 0 Å². The molecule has 0 radical (unpaired) electrons. The van der Waals surface area contributed by atoms with Gasteiger partial charge in [0.2, 0.25) is 6.29 Å². The van der Waals surface area contributed by atoms with Crippen LogP contribution < -0.4 is 0 Å². The molecule has 0 saturated carbocycles. The Morgan fingerprint density at radius 1 is 0.511 bits per heavy atom. The number of hydrogen-bond acceptors (Lipinski definition) is 15. The number of carbonyl (C=O) groups is 6. The highest BCUT2D eigenvalue weighted by molar-refractivity contribution is 5.92. The molecule has 0 heterocycles. The first-order chi connectivity index (χ1) is 20.5. The number of carbonyl (C=O) groups excluding carboxylic acids is 6. The van der Waals surface area contributed by atoms with Gasteiger partial charge in [0, 0.05) is 33.4 Å². The Morgan fingerprint density at radius 3 is 0.978 bits per heavy atom. The van der Waals surface area contributed by atoms with E-state index in [4.69, 9.17) is 28.4 Å². The molecule has 3 N–H and O–H groups in total. The van der Waals surface area contributed by atoms with Gasteiger partial charge >= 0.3 is 47.6 Å². The van der Waals surface area contributed by atoms with E-state index in [1.165, 1.54) is 0 Å². The molecule has 0 rings (SSSR count). The Hall–Kier alpha value is -4.86. The highest BCUT2D eigenvalue weighted by Crippen LogP contribution is 2.51. The van der Waals surface area contributed by atoms with Crippen molar-refractivity contribution < 1.29 is 72.5 Å². The third kappa shape index (κ3) is 8.84. The fourth-order valence-corrected chi connectivity index (χ4v) is 2.87. The minimum atomic E-state index is -4.09. The zero-order chi connectivity index (χ0) is 35.7. The zero-order valence-corrected chi connectivity index (χ0v) is 26.0. The van der Waals surface area contributed by atoms with Gasteiger partial charge in [0.1, 0.15) is 0 Å². The monoisotopic (exact) mass is 638 g/mol. The lowest BCUT2D eigenvalue weighted by molar-refractivity contribution is -0.481. The number of esters is 6. The first kappa shape index (κ1) is 40.1. The van der Waals surface area contributed by atoms with E-state index in [0.717, 1.165) is 41.5 Å². The second-order valence-electron chi connectivity index (χ2n) is 10.0. The van der Waals surface area contributed by atoms with Gasteiger partial charge in [-0.1, -0.05) is 39.5 Å². The van der Waals surface area contributed by atoms with E-state index in [1.54, 1.807) is 0 Å². The SMILES string of the molecule is C=C(C)C(=O)OC(O)C(CO)(CO)C(OC(=O)C(=C)C)(OC(=O)C(=C)C)C(OC(=O)C(=C)C)(OC(=O)C(=C)C)OC(=O)C(=C)C. The third-order valence-corrected chi connectivity index (χ3v) is 5.56. The van der Waals surface area contributed by atoms with Gasteiger partial charge in [0.15, 0.2) is 5.41 Å². The molecule has 0 fully saturated rings. The van der Waals surface area contributed by atoms with Gasteiger partial charge in [-0.3, -0.25) is 0 Å².